The molecule has 2 rings (SSSR count). The number of nitrogens with zero attached hydrogens (tertiary/aromatic N) is 5. The number of carbonyl (C=O) groups excluding carboxylic acids is 1. The summed E-state index contributed by atoms with van der Waals surface area (Å²) in [4.78, 5) is 13.9. The van der Waals surface area contributed by atoms with Crippen molar-refractivity contribution in [2.45, 2.75) is 13.5 Å². The van der Waals surface area contributed by atoms with Crippen molar-refractivity contribution in [2.24, 2.45) is 14.1 Å². The highest BCUT2D eigenvalue weighted by Crippen LogP contribution is 2.17. The average Bonchev–Trinajstić information content (AvgIpc) is 2.84. The van der Waals surface area contributed by atoms with Gasteiger partial charge in [0, 0.05) is 27.3 Å². The lowest BCUT2D eigenvalue weighted by Crippen LogP contribution is -2.27. The molecular formula is C12H16ClN5O. The highest BCUT2D eigenvalue weighted by atomic mass is 35.5. The van der Waals surface area contributed by atoms with Gasteiger partial charge in [0.05, 0.1) is 34.7 Å². The minimum absolute atomic E-state index is 0.0807. The third kappa shape index (κ3) is 2.63. The summed E-state index contributed by atoms with van der Waals surface area (Å²) in [5.74, 6) is -0.0807. The zero-order valence-corrected chi connectivity index (χ0v) is 12.1. The quantitative estimate of drug-likeness (QED) is 0.854. The number of aryl methyl sites for hydroxylation is 3. The number of carbonyl (C=O) groups is 1. The van der Waals surface area contributed by atoms with Gasteiger partial charge in [-0.1, -0.05) is 11.6 Å². The minimum Gasteiger partial charge on any atom is -0.336 e. The first-order valence-electron chi connectivity index (χ1n) is 5.82. The maximum absolute atomic E-state index is 12.3. The van der Waals surface area contributed by atoms with Gasteiger partial charge in [-0.2, -0.15) is 10.2 Å². The molecule has 2 aromatic rings. The third-order valence-corrected chi connectivity index (χ3v) is 3.30. The van der Waals surface area contributed by atoms with E-state index in [1.165, 1.54) is 0 Å². The second-order valence-electron chi connectivity index (χ2n) is 4.53. The molecule has 0 aliphatic carbocycles. The molecule has 0 atom stereocenters. The van der Waals surface area contributed by atoms with Crippen molar-refractivity contribution in [2.75, 3.05) is 7.05 Å². The van der Waals surface area contributed by atoms with E-state index >= 15 is 0 Å². The molecule has 0 spiro atoms. The fourth-order valence-corrected chi connectivity index (χ4v) is 2.15. The first-order chi connectivity index (χ1) is 8.90. The van der Waals surface area contributed by atoms with Crippen molar-refractivity contribution in [3.8, 4) is 0 Å². The molecule has 0 saturated heterocycles. The van der Waals surface area contributed by atoms with Gasteiger partial charge in [0.2, 0.25) is 0 Å². The zero-order valence-electron chi connectivity index (χ0n) is 11.4. The number of aromatic nitrogens is 4. The highest BCUT2D eigenvalue weighted by Gasteiger charge is 2.19. The van der Waals surface area contributed by atoms with E-state index in [0.29, 0.717) is 17.1 Å². The molecule has 0 aliphatic rings. The van der Waals surface area contributed by atoms with Gasteiger partial charge in [0.25, 0.3) is 5.91 Å². The van der Waals surface area contributed by atoms with Crippen molar-refractivity contribution in [1.82, 2.24) is 24.5 Å². The van der Waals surface area contributed by atoms with Gasteiger partial charge in [-0.15, -0.1) is 0 Å². The lowest BCUT2D eigenvalue weighted by atomic mass is 10.2. The summed E-state index contributed by atoms with van der Waals surface area (Å²) in [6.07, 6.45) is 3.30. The van der Waals surface area contributed by atoms with Crippen LogP contribution in [0.3, 0.4) is 0 Å². The maximum Gasteiger partial charge on any atom is 0.257 e. The van der Waals surface area contributed by atoms with E-state index in [0.717, 1.165) is 11.4 Å². The number of amides is 1. The molecule has 0 fully saturated rings. The van der Waals surface area contributed by atoms with Crippen molar-refractivity contribution in [3.05, 3.63) is 34.4 Å². The largest absolute Gasteiger partial charge is 0.336 e. The van der Waals surface area contributed by atoms with Gasteiger partial charge in [0.1, 0.15) is 0 Å². The van der Waals surface area contributed by atoms with Gasteiger partial charge in [0.15, 0.2) is 0 Å². The van der Waals surface area contributed by atoms with Crippen molar-refractivity contribution < 1.29 is 4.79 Å². The molecule has 1 amide bonds. The molecule has 2 heterocycles. The van der Waals surface area contributed by atoms with E-state index in [2.05, 4.69) is 10.2 Å². The Kier molecular flexibility index (Phi) is 3.61. The Hall–Kier alpha value is -1.82. The van der Waals surface area contributed by atoms with Crippen LogP contribution in [0.25, 0.3) is 0 Å². The summed E-state index contributed by atoms with van der Waals surface area (Å²) in [6.45, 7) is 2.22. The van der Waals surface area contributed by atoms with Crippen molar-refractivity contribution in [1.29, 1.82) is 0 Å². The average molecular weight is 282 g/mol. The third-order valence-electron chi connectivity index (χ3n) is 2.99. The van der Waals surface area contributed by atoms with Crippen LogP contribution in [0.1, 0.15) is 21.7 Å². The molecule has 0 aromatic carbocycles. The van der Waals surface area contributed by atoms with E-state index in [9.17, 15) is 4.79 Å². The molecule has 0 N–H and O–H groups in total. The molecule has 2 aromatic heterocycles. The summed E-state index contributed by atoms with van der Waals surface area (Å²) in [6, 6.07) is 0. The second-order valence-corrected chi connectivity index (χ2v) is 4.93. The van der Waals surface area contributed by atoms with E-state index in [1.54, 1.807) is 47.8 Å². The van der Waals surface area contributed by atoms with E-state index in [4.69, 9.17) is 11.6 Å². The van der Waals surface area contributed by atoms with Crippen LogP contribution < -0.4 is 0 Å². The number of hydrogen-bond donors (Lipinski definition) is 0. The Labute approximate surface area is 116 Å². The SMILES string of the molecule is Cc1nn(C)cc1C(=O)N(C)Cc1c(Cl)cnn1C. The number of rotatable bonds is 3. The topological polar surface area (TPSA) is 56.0 Å². The van der Waals surface area contributed by atoms with Crippen LogP contribution in [0, 0.1) is 6.92 Å². The minimum atomic E-state index is -0.0807. The lowest BCUT2D eigenvalue weighted by Gasteiger charge is -2.17. The molecular weight excluding hydrogens is 266 g/mol. The second kappa shape index (κ2) is 5.05. The Morgan fingerprint density at radius 3 is 2.63 bits per heavy atom. The standard InChI is InChI=1S/C12H16ClN5O/c1-8-9(6-17(3)15-8)12(19)16(2)7-11-10(13)5-14-18(11)4/h5-6H,7H2,1-4H3. The zero-order chi connectivity index (χ0) is 14.2. The number of halogens is 1. The predicted molar refractivity (Wildman–Crippen MR) is 72.0 cm³/mol. The molecule has 0 aliphatic heterocycles. The van der Waals surface area contributed by atoms with Crippen LogP contribution in [-0.4, -0.2) is 37.4 Å². The van der Waals surface area contributed by atoms with Crippen LogP contribution in [0.4, 0.5) is 0 Å². The predicted octanol–water partition coefficient (Wildman–Crippen LogP) is 1.39. The highest BCUT2D eigenvalue weighted by molar-refractivity contribution is 6.31. The van der Waals surface area contributed by atoms with Crippen LogP contribution in [0.5, 0.6) is 0 Å². The summed E-state index contributed by atoms with van der Waals surface area (Å²) < 4.78 is 3.30. The van der Waals surface area contributed by atoms with Gasteiger partial charge in [-0.3, -0.25) is 14.2 Å². The number of hydrogen-bond acceptors (Lipinski definition) is 3. The smallest absolute Gasteiger partial charge is 0.257 e. The Morgan fingerprint density at radius 1 is 1.47 bits per heavy atom. The Bertz CT molecular complexity index is 596. The Morgan fingerprint density at radius 2 is 2.16 bits per heavy atom. The molecule has 0 bridgehead atoms. The normalized spacial score (nSPS) is 10.8. The summed E-state index contributed by atoms with van der Waals surface area (Å²) in [5, 5.41) is 8.79. The lowest BCUT2D eigenvalue weighted by molar-refractivity contribution is 0.0781. The van der Waals surface area contributed by atoms with Crippen LogP contribution in [-0.2, 0) is 20.6 Å². The molecule has 0 saturated carbocycles. The van der Waals surface area contributed by atoms with E-state index < -0.39 is 0 Å². The molecule has 102 valence electrons. The van der Waals surface area contributed by atoms with Gasteiger partial charge < -0.3 is 4.90 Å². The monoisotopic (exact) mass is 281 g/mol. The van der Waals surface area contributed by atoms with Crippen LogP contribution >= 0.6 is 11.6 Å². The fraction of sp³-hybridized carbons (Fsp3) is 0.417. The van der Waals surface area contributed by atoms with E-state index in [1.807, 2.05) is 6.92 Å². The molecule has 7 heteroatoms. The summed E-state index contributed by atoms with van der Waals surface area (Å²) in [5.41, 5.74) is 2.12. The molecule has 0 unspecified atom stereocenters. The van der Waals surface area contributed by atoms with Gasteiger partial charge >= 0.3 is 0 Å². The van der Waals surface area contributed by atoms with Crippen LogP contribution in [0.15, 0.2) is 12.4 Å². The van der Waals surface area contributed by atoms with E-state index in [-0.39, 0.29) is 5.91 Å². The maximum atomic E-state index is 12.3. The Balaban J connectivity index is 2.19. The first kappa shape index (κ1) is 13.6. The van der Waals surface area contributed by atoms with Gasteiger partial charge in [-0.05, 0) is 6.92 Å². The van der Waals surface area contributed by atoms with Gasteiger partial charge in [-0.25, -0.2) is 0 Å². The molecule has 19 heavy (non-hydrogen) atoms. The first-order valence-corrected chi connectivity index (χ1v) is 6.20. The summed E-state index contributed by atoms with van der Waals surface area (Å²) in [7, 11) is 5.33. The summed E-state index contributed by atoms with van der Waals surface area (Å²) >= 11 is 6.04. The fourth-order valence-electron chi connectivity index (χ4n) is 1.93. The van der Waals surface area contributed by atoms with Crippen molar-refractivity contribution in [3.63, 3.8) is 0 Å². The van der Waals surface area contributed by atoms with Crippen molar-refractivity contribution >= 4 is 17.5 Å². The van der Waals surface area contributed by atoms with Crippen LogP contribution in [0.2, 0.25) is 5.02 Å². The molecule has 0 radical (unpaired) electrons. The molecule has 6 nitrogen and oxygen atoms in total.